The summed E-state index contributed by atoms with van der Waals surface area (Å²) in [6, 6.07) is -1.15. The zero-order chi connectivity index (χ0) is 52.0. The smallest absolute Gasteiger partial charge is 0.329 e. The molecule has 71 heavy (non-hydrogen) atoms. The van der Waals surface area contributed by atoms with Crippen LogP contribution in [0.2, 0.25) is 0 Å². The number of cyclic esters (lactones) is 1. The van der Waals surface area contributed by atoms with E-state index in [2.05, 4.69) is 0 Å². The number of hydrogen-bond donors (Lipinski definition) is 3. The van der Waals surface area contributed by atoms with Crippen LogP contribution in [0, 0.1) is 41.4 Å². The Morgan fingerprint density at radius 3 is 2.27 bits per heavy atom. The maximum atomic E-state index is 14.5. The number of piperidine rings is 1. The molecule has 3 N–H and O–H groups in total. The molecule has 15 atom stereocenters. The summed E-state index contributed by atoms with van der Waals surface area (Å²) in [5.74, 6) is -7.70. The molecule has 0 aromatic heterocycles. The van der Waals surface area contributed by atoms with Crippen molar-refractivity contribution in [3.8, 4) is 0 Å². The van der Waals surface area contributed by atoms with Crippen LogP contribution in [0.25, 0.3) is 0 Å². The van der Waals surface area contributed by atoms with Gasteiger partial charge < -0.3 is 48.6 Å². The molecule has 1 aliphatic carbocycles. The highest BCUT2D eigenvalue weighted by Gasteiger charge is 2.53. The van der Waals surface area contributed by atoms with Gasteiger partial charge in [-0.15, -0.1) is 0 Å². The minimum absolute atomic E-state index is 0.00897. The third kappa shape index (κ3) is 16.0. The van der Waals surface area contributed by atoms with Gasteiger partial charge in [0.15, 0.2) is 5.78 Å². The minimum Gasteiger partial charge on any atom is -0.460 e. The first-order chi connectivity index (χ1) is 33.8. The molecule has 0 aromatic carbocycles. The van der Waals surface area contributed by atoms with E-state index in [1.807, 2.05) is 58.1 Å². The predicted octanol–water partition coefficient (Wildman–Crippen LogP) is 6.98. The number of aliphatic hydroxyl groups is 3. The number of aliphatic hydroxyl groups excluding tert-OH is 2. The number of carbonyl (C=O) groups is 5. The van der Waals surface area contributed by atoms with Crippen molar-refractivity contribution in [1.82, 2.24) is 4.90 Å². The number of allylic oxidation sites excluding steroid dienone is 6. The van der Waals surface area contributed by atoms with Crippen molar-refractivity contribution in [2.24, 2.45) is 41.4 Å². The first kappa shape index (κ1) is 58.5. The summed E-state index contributed by atoms with van der Waals surface area (Å²) >= 11 is 0. The molecule has 4 aliphatic heterocycles. The Kier molecular flexibility index (Phi) is 22.9. The van der Waals surface area contributed by atoms with Gasteiger partial charge in [-0.2, -0.15) is 0 Å². The van der Waals surface area contributed by atoms with E-state index in [1.54, 1.807) is 34.0 Å². The average molecular weight is 998 g/mol. The fourth-order valence-electron chi connectivity index (χ4n) is 11.2. The molecule has 1 unspecified atom stereocenters. The fourth-order valence-corrected chi connectivity index (χ4v) is 11.2. The van der Waals surface area contributed by atoms with Crippen LogP contribution in [0.15, 0.2) is 47.6 Å². The molecule has 5 rings (SSSR count). The summed E-state index contributed by atoms with van der Waals surface area (Å²) in [6.45, 7) is 14.7. The topological polar surface area (TPSA) is 205 Å². The number of hydrogen-bond acceptors (Lipinski definition) is 14. The molecule has 1 amide bonds. The van der Waals surface area contributed by atoms with E-state index in [-0.39, 0.29) is 54.8 Å². The van der Waals surface area contributed by atoms with Gasteiger partial charge in [0.2, 0.25) is 5.79 Å². The molecule has 15 nitrogen and oxygen atoms in total. The van der Waals surface area contributed by atoms with Gasteiger partial charge in [-0.1, -0.05) is 71.1 Å². The van der Waals surface area contributed by atoms with Crippen LogP contribution in [0.3, 0.4) is 0 Å². The lowest BCUT2D eigenvalue weighted by atomic mass is 9.78. The van der Waals surface area contributed by atoms with Gasteiger partial charge in [0.1, 0.15) is 30.1 Å². The molecule has 5 aliphatic rings. The van der Waals surface area contributed by atoms with Gasteiger partial charge >= 0.3 is 5.97 Å². The normalized spacial score (nSPS) is 39.6. The Bertz CT molecular complexity index is 1910. The number of fused-ring (bicyclic) bond motifs is 3. The Labute approximate surface area is 423 Å². The second-order valence-corrected chi connectivity index (χ2v) is 21.7. The predicted molar refractivity (Wildman–Crippen MR) is 268 cm³/mol. The first-order valence-corrected chi connectivity index (χ1v) is 26.6. The highest BCUT2D eigenvalue weighted by Crippen LogP contribution is 2.38. The molecule has 0 aromatic rings. The zero-order valence-corrected chi connectivity index (χ0v) is 44.1. The zero-order valence-electron chi connectivity index (χ0n) is 44.1. The number of ether oxygens (including phenoxy) is 6. The van der Waals surface area contributed by atoms with Crippen LogP contribution < -0.4 is 0 Å². The van der Waals surface area contributed by atoms with E-state index < -0.39 is 83.9 Å². The SMILES string of the molecule is CO[C@@H]1C[C@H](C[C@@H](C)[C@@H]2CC(=O)[C@H](C)/C=C(\C)[C@@H](O)[C@@H](OC)C(=O)[C@H](C)C[C@H](C)/C=C/C=C/C=C(\C)[C@@H](OCC3CCOCC3)C[C@@H]3CC[C@@H](C)[C@@](O)(O3)C(=O)C(=O)N3CCCCC3C(=O)O2)CC[C@H]1O. The number of rotatable bonds is 8. The maximum Gasteiger partial charge on any atom is 0.329 e. The van der Waals surface area contributed by atoms with Crippen molar-refractivity contribution >= 4 is 29.2 Å². The van der Waals surface area contributed by atoms with Crippen molar-refractivity contribution in [3.05, 3.63) is 47.6 Å². The van der Waals surface area contributed by atoms with Gasteiger partial charge in [-0.3, -0.25) is 19.2 Å². The third-order valence-corrected chi connectivity index (χ3v) is 16.1. The van der Waals surface area contributed by atoms with E-state index in [0.717, 1.165) is 24.8 Å². The van der Waals surface area contributed by atoms with Crippen LogP contribution >= 0.6 is 0 Å². The second kappa shape index (κ2) is 27.8. The largest absolute Gasteiger partial charge is 0.460 e. The number of carbonyl (C=O) groups excluding carboxylic acids is 5. The summed E-state index contributed by atoms with van der Waals surface area (Å²) < 4.78 is 36.0. The van der Waals surface area contributed by atoms with E-state index in [1.165, 1.54) is 12.0 Å². The van der Waals surface area contributed by atoms with Gasteiger partial charge in [0.05, 0.1) is 31.0 Å². The summed E-state index contributed by atoms with van der Waals surface area (Å²) in [5.41, 5.74) is 1.30. The molecule has 4 fully saturated rings. The Balaban J connectivity index is 1.48. The Morgan fingerprint density at radius 1 is 0.831 bits per heavy atom. The van der Waals surface area contributed by atoms with Gasteiger partial charge in [0, 0.05) is 64.6 Å². The molecule has 2 bridgehead atoms. The standard InChI is InChI=1S/C56H87NO14/c1-34-15-11-10-12-16-35(2)47(69-33-41-22-25-68-26-23-41)31-43-20-18-40(7)56(65,71-43)53(62)54(63)57-24-14-13-17-44(57)55(64)70-48(37(4)29-42-19-21-45(58)49(30-42)66-8)32-46(59)36(3)28-39(6)51(61)52(67-9)50(60)38(5)27-34/h10-12,15-16,28,34,36-38,40-45,47-49,51-52,58,61,65H,13-14,17-27,29-33H2,1-9H3/b12-10+,15-11+,35-16+,39-28+/t34-,36-,37-,38-,40-,42+,43+,44?,45-,47+,48+,49-,51-,52+,56-/m1/s1. The first-order valence-electron chi connectivity index (χ1n) is 26.6. The lowest BCUT2D eigenvalue weighted by Crippen LogP contribution is -2.61. The lowest BCUT2D eigenvalue weighted by molar-refractivity contribution is -0.266. The van der Waals surface area contributed by atoms with Gasteiger partial charge in [-0.05, 0) is 126 Å². The van der Waals surface area contributed by atoms with Crippen LogP contribution in [0.4, 0.5) is 0 Å². The Hall–Kier alpha value is -3.41. The van der Waals surface area contributed by atoms with Crippen molar-refractivity contribution < 1.29 is 67.7 Å². The molecular formula is C56H87NO14. The molecule has 3 saturated heterocycles. The lowest BCUT2D eigenvalue weighted by Gasteiger charge is -2.43. The van der Waals surface area contributed by atoms with Crippen LogP contribution in [-0.4, -0.2) is 145 Å². The van der Waals surface area contributed by atoms with E-state index >= 15 is 0 Å². The Morgan fingerprint density at radius 2 is 1.56 bits per heavy atom. The van der Waals surface area contributed by atoms with Crippen LogP contribution in [0.5, 0.6) is 0 Å². The van der Waals surface area contributed by atoms with Gasteiger partial charge in [-0.25, -0.2) is 4.79 Å². The highest BCUT2D eigenvalue weighted by molar-refractivity contribution is 6.39. The molecular weight excluding hydrogens is 911 g/mol. The average Bonchev–Trinajstić information content (AvgIpc) is 3.35. The summed E-state index contributed by atoms with van der Waals surface area (Å²) in [5, 5.41) is 34.2. The van der Waals surface area contributed by atoms with Crippen LogP contribution in [-0.2, 0) is 52.4 Å². The number of amides is 1. The van der Waals surface area contributed by atoms with Crippen LogP contribution in [0.1, 0.15) is 138 Å². The van der Waals surface area contributed by atoms with Crippen molar-refractivity contribution in [1.29, 1.82) is 0 Å². The van der Waals surface area contributed by atoms with E-state index in [9.17, 15) is 39.3 Å². The van der Waals surface area contributed by atoms with Gasteiger partial charge in [0.25, 0.3) is 11.7 Å². The number of ketones is 3. The summed E-state index contributed by atoms with van der Waals surface area (Å²) in [6.07, 6.45) is 13.0. The monoisotopic (exact) mass is 998 g/mol. The molecule has 1 saturated carbocycles. The number of methoxy groups -OCH3 is 2. The molecule has 4 heterocycles. The number of esters is 1. The van der Waals surface area contributed by atoms with Crippen molar-refractivity contribution in [2.45, 2.75) is 193 Å². The van der Waals surface area contributed by atoms with Crippen molar-refractivity contribution in [3.63, 3.8) is 0 Å². The van der Waals surface area contributed by atoms with E-state index in [4.69, 9.17) is 28.4 Å². The molecule has 0 radical (unpaired) electrons. The molecule has 15 heteroatoms. The third-order valence-electron chi connectivity index (χ3n) is 16.1. The minimum atomic E-state index is -2.45. The highest BCUT2D eigenvalue weighted by atomic mass is 16.6. The second-order valence-electron chi connectivity index (χ2n) is 21.7. The number of Topliss-reactive ketones (excluding diaryl/α,β-unsaturated/α-hetero) is 3. The molecule has 400 valence electrons. The fraction of sp³-hybridized carbons (Fsp3) is 0.768. The number of nitrogens with zero attached hydrogens (tertiary/aromatic N) is 1. The summed E-state index contributed by atoms with van der Waals surface area (Å²) in [4.78, 5) is 72.6. The molecule has 0 spiro atoms. The maximum absolute atomic E-state index is 14.5. The van der Waals surface area contributed by atoms with E-state index in [0.29, 0.717) is 89.1 Å². The summed E-state index contributed by atoms with van der Waals surface area (Å²) in [7, 11) is 2.95. The van der Waals surface area contributed by atoms with Crippen molar-refractivity contribution in [2.75, 3.05) is 40.6 Å². The quantitative estimate of drug-likeness (QED) is 0.128.